The number of rotatable bonds is 7. The molecule has 1 fully saturated rings. The second-order valence-corrected chi connectivity index (χ2v) is 8.87. The predicted molar refractivity (Wildman–Crippen MR) is 133 cm³/mol. The minimum atomic E-state index is -1.44. The lowest BCUT2D eigenvalue weighted by Gasteiger charge is -2.40. The largest absolute Gasteiger partial charge is 0.399 e. The maximum atomic E-state index is 10.5. The number of hydrogen-bond donors (Lipinski definition) is 4. The summed E-state index contributed by atoms with van der Waals surface area (Å²) in [5, 5.41) is 44.9. The molecule has 35 heavy (non-hydrogen) atoms. The fourth-order valence-corrected chi connectivity index (χ4v) is 4.43. The third-order valence-corrected chi connectivity index (χ3v) is 6.51. The van der Waals surface area contributed by atoms with Crippen molar-refractivity contribution in [2.24, 2.45) is 5.16 Å². The molecule has 1 aliphatic heterocycles. The van der Waals surface area contributed by atoms with Gasteiger partial charge in [0.2, 0.25) is 0 Å². The molecule has 3 aromatic rings. The van der Waals surface area contributed by atoms with Gasteiger partial charge in [-0.3, -0.25) is 0 Å². The fraction of sp³-hybridized carbons (Fsp3) is 0.296. The molecule has 4 N–H and O–H groups in total. The van der Waals surface area contributed by atoms with Crippen LogP contribution in [0.4, 0.5) is 0 Å². The van der Waals surface area contributed by atoms with Crippen LogP contribution in [0.25, 0.3) is 0 Å². The highest BCUT2D eigenvalue weighted by Crippen LogP contribution is 2.34. The molecule has 5 atom stereocenters. The zero-order valence-electron chi connectivity index (χ0n) is 19.2. The maximum absolute atomic E-state index is 10.5. The molecule has 0 spiro atoms. The smallest absolute Gasteiger partial charge is 0.117 e. The highest BCUT2D eigenvalue weighted by Gasteiger charge is 2.44. The van der Waals surface area contributed by atoms with E-state index in [2.05, 4.69) is 5.16 Å². The number of ether oxygens (including phenoxy) is 1. The van der Waals surface area contributed by atoms with Crippen LogP contribution in [0.1, 0.15) is 33.9 Å². The van der Waals surface area contributed by atoms with Crippen molar-refractivity contribution < 1.29 is 30.0 Å². The van der Waals surface area contributed by atoms with Gasteiger partial charge in [-0.15, -0.1) is 0 Å². The molecule has 1 heterocycles. The lowest BCUT2D eigenvalue weighted by Crippen LogP contribution is -2.55. The molecule has 184 valence electrons. The van der Waals surface area contributed by atoms with Crippen LogP contribution >= 0.6 is 11.6 Å². The summed E-state index contributed by atoms with van der Waals surface area (Å²) in [4.78, 5) is 5.05. The Balaban J connectivity index is 1.56. The van der Waals surface area contributed by atoms with Gasteiger partial charge >= 0.3 is 0 Å². The van der Waals surface area contributed by atoms with E-state index in [4.69, 9.17) is 21.2 Å². The summed E-state index contributed by atoms with van der Waals surface area (Å²) in [6, 6.07) is 22.9. The van der Waals surface area contributed by atoms with Gasteiger partial charge in [-0.1, -0.05) is 83.5 Å². The van der Waals surface area contributed by atoms with Crippen LogP contribution in [-0.2, 0) is 16.0 Å². The molecule has 1 saturated heterocycles. The number of hydrogen-bond acceptors (Lipinski definition) is 7. The second-order valence-electron chi connectivity index (χ2n) is 8.46. The lowest BCUT2D eigenvalue weighted by molar-refractivity contribution is -0.231. The molecule has 7 nitrogen and oxygen atoms in total. The Morgan fingerprint density at radius 1 is 0.914 bits per heavy atom. The Kier molecular flexibility index (Phi) is 8.18. The zero-order chi connectivity index (χ0) is 24.9. The Labute approximate surface area is 208 Å². The van der Waals surface area contributed by atoms with E-state index in [1.54, 1.807) is 12.1 Å². The van der Waals surface area contributed by atoms with Crippen LogP contribution in [-0.4, -0.2) is 64.3 Å². The summed E-state index contributed by atoms with van der Waals surface area (Å²) in [5.41, 5.74) is 4.98. The van der Waals surface area contributed by atoms with Gasteiger partial charge in [0.1, 0.15) is 43.3 Å². The number of aliphatic hydroxyl groups is 4. The molecule has 1 aliphatic rings. The number of oxime groups is 1. The number of nitrogens with zero attached hydrogens (tertiary/aromatic N) is 1. The van der Waals surface area contributed by atoms with Gasteiger partial charge in [0.15, 0.2) is 0 Å². The van der Waals surface area contributed by atoms with E-state index in [-0.39, 0.29) is 0 Å². The summed E-state index contributed by atoms with van der Waals surface area (Å²) in [6.07, 6.45) is -5.56. The van der Waals surface area contributed by atoms with Crippen molar-refractivity contribution in [1.82, 2.24) is 0 Å². The van der Waals surface area contributed by atoms with Gasteiger partial charge < -0.3 is 30.0 Å². The maximum Gasteiger partial charge on any atom is 0.117 e. The Bertz CT molecular complexity index is 1150. The minimum Gasteiger partial charge on any atom is -0.399 e. The summed E-state index contributed by atoms with van der Waals surface area (Å²) in [6.45, 7) is -0.481. The van der Waals surface area contributed by atoms with E-state index in [9.17, 15) is 20.4 Å². The van der Waals surface area contributed by atoms with Crippen LogP contribution in [0.3, 0.4) is 0 Å². The Hall–Kier alpha value is -2.78. The number of halogens is 1. The van der Waals surface area contributed by atoms with Crippen LogP contribution < -0.4 is 0 Å². The molecule has 0 radical (unpaired) electrons. The van der Waals surface area contributed by atoms with E-state index in [0.29, 0.717) is 17.0 Å². The molecule has 0 unspecified atom stereocenters. The normalized spacial score (nSPS) is 24.9. The van der Waals surface area contributed by atoms with Gasteiger partial charge in [-0.05, 0) is 29.2 Å². The van der Waals surface area contributed by atoms with E-state index in [0.717, 1.165) is 28.0 Å². The van der Waals surface area contributed by atoms with Crippen molar-refractivity contribution in [3.8, 4) is 0 Å². The predicted octanol–water partition coefficient (Wildman–Crippen LogP) is 2.84. The van der Waals surface area contributed by atoms with E-state index < -0.39 is 37.1 Å². The average Bonchev–Trinajstić information content (AvgIpc) is 2.89. The SMILES string of the molecule is CO/N=C(\c1ccccc1)c1ccc(Cc2cc([C@@H]3O[C@H](CO)[C@@H](O)[C@H](O)[C@H]3O)ccc2Cl)cc1. The average molecular weight is 498 g/mol. The first-order chi connectivity index (χ1) is 16.9. The van der Waals surface area contributed by atoms with Crippen molar-refractivity contribution in [1.29, 1.82) is 0 Å². The van der Waals surface area contributed by atoms with Crippen molar-refractivity contribution in [3.63, 3.8) is 0 Å². The molecular formula is C27H28ClNO6. The molecule has 0 aliphatic carbocycles. The zero-order valence-corrected chi connectivity index (χ0v) is 19.9. The summed E-state index contributed by atoms with van der Waals surface area (Å²) in [5.74, 6) is 0. The van der Waals surface area contributed by atoms with E-state index in [1.165, 1.54) is 7.11 Å². The van der Waals surface area contributed by atoms with Crippen molar-refractivity contribution in [3.05, 3.63) is 106 Å². The second kappa shape index (κ2) is 11.3. The summed E-state index contributed by atoms with van der Waals surface area (Å²) in [7, 11) is 1.52. The highest BCUT2D eigenvalue weighted by molar-refractivity contribution is 6.31. The van der Waals surface area contributed by atoms with Crippen molar-refractivity contribution in [2.75, 3.05) is 13.7 Å². The van der Waals surface area contributed by atoms with Crippen LogP contribution in [0.2, 0.25) is 5.02 Å². The van der Waals surface area contributed by atoms with Crippen LogP contribution in [0.15, 0.2) is 78.0 Å². The Morgan fingerprint density at radius 2 is 1.60 bits per heavy atom. The van der Waals surface area contributed by atoms with Crippen molar-refractivity contribution in [2.45, 2.75) is 36.9 Å². The van der Waals surface area contributed by atoms with Crippen LogP contribution in [0, 0.1) is 0 Å². The first-order valence-electron chi connectivity index (χ1n) is 11.3. The molecule has 3 aromatic carbocycles. The first kappa shape index (κ1) is 25.3. The molecule has 0 saturated carbocycles. The molecular weight excluding hydrogens is 470 g/mol. The molecule has 4 rings (SSSR count). The third kappa shape index (κ3) is 5.56. The standard InChI is InChI=1S/C27H28ClNO6/c1-34-29-23(17-5-3-2-4-6-17)18-9-7-16(8-10-18)13-20-14-19(11-12-21(20)28)27-26(33)25(32)24(31)22(15-30)35-27/h2-12,14,22,24-27,30-33H,13,15H2,1H3/b29-23+/t22-,24-,25+,26-,27+/m1/s1. The monoisotopic (exact) mass is 497 g/mol. The third-order valence-electron chi connectivity index (χ3n) is 6.14. The topological polar surface area (TPSA) is 112 Å². The van der Waals surface area contributed by atoms with Crippen molar-refractivity contribution >= 4 is 17.3 Å². The van der Waals surface area contributed by atoms with Gasteiger partial charge in [0.05, 0.1) is 6.61 Å². The fourth-order valence-electron chi connectivity index (χ4n) is 4.24. The number of aliphatic hydroxyl groups excluding tert-OH is 4. The summed E-state index contributed by atoms with van der Waals surface area (Å²) >= 11 is 6.46. The molecule has 0 bridgehead atoms. The van der Waals surface area contributed by atoms with E-state index in [1.807, 2.05) is 60.7 Å². The van der Waals surface area contributed by atoms with Gasteiger partial charge in [-0.25, -0.2) is 0 Å². The van der Waals surface area contributed by atoms with Gasteiger partial charge in [-0.2, -0.15) is 0 Å². The molecule has 0 aromatic heterocycles. The number of benzene rings is 3. The minimum absolute atomic E-state index is 0.481. The molecule has 8 heteroatoms. The highest BCUT2D eigenvalue weighted by atomic mass is 35.5. The summed E-state index contributed by atoms with van der Waals surface area (Å²) < 4.78 is 5.69. The quantitative estimate of drug-likeness (QED) is 0.295. The van der Waals surface area contributed by atoms with Gasteiger partial charge in [0.25, 0.3) is 0 Å². The van der Waals surface area contributed by atoms with Gasteiger partial charge in [0, 0.05) is 16.1 Å². The van der Waals surface area contributed by atoms with E-state index >= 15 is 0 Å². The Morgan fingerprint density at radius 3 is 2.26 bits per heavy atom. The molecule has 0 amide bonds. The van der Waals surface area contributed by atoms with Crippen LogP contribution in [0.5, 0.6) is 0 Å². The first-order valence-corrected chi connectivity index (χ1v) is 11.7. The lowest BCUT2D eigenvalue weighted by atomic mass is 9.90.